The Kier molecular flexibility index (Phi) is 13.4. The molecule has 0 saturated carbocycles. The van der Waals surface area contributed by atoms with Crippen molar-refractivity contribution in [2.45, 2.75) is 38.9 Å². The average molecular weight is 648 g/mol. The maximum Gasteiger partial charge on any atom is 0.534 e. The molecule has 17 heteroatoms. The molecule has 0 radical (unpaired) electrons. The standard InChI is InChI=1S/C17H18N2O9.C12H15NO5/c1-4-7-26-14-9-12(19(23)24)11(8-13(14)25-3)10(2)27-17(22)28-18-15(20)5-6-16(18)21;1-4-5-18-12-7-10(13(15)16)9(8(2)14)6-11(12)17-3/h4,8-10H,1,5-7H2,2-3H3;4,6-8,14H,1,5H2,2-3H3. The molecular formula is C29H33N3O14. The molecule has 2 unspecified atom stereocenters. The lowest BCUT2D eigenvalue weighted by atomic mass is 10.1. The Bertz CT molecular complexity index is 1470. The van der Waals surface area contributed by atoms with E-state index in [1.54, 1.807) is 0 Å². The summed E-state index contributed by atoms with van der Waals surface area (Å²) >= 11 is 0. The second-order valence-corrected chi connectivity index (χ2v) is 9.20. The number of methoxy groups -OCH3 is 2. The van der Waals surface area contributed by atoms with E-state index < -0.39 is 40.0 Å². The highest BCUT2D eigenvalue weighted by Crippen LogP contribution is 2.39. The van der Waals surface area contributed by atoms with Crippen molar-refractivity contribution in [3.8, 4) is 23.0 Å². The minimum atomic E-state index is -1.35. The van der Waals surface area contributed by atoms with Gasteiger partial charge in [0.2, 0.25) is 0 Å². The van der Waals surface area contributed by atoms with Gasteiger partial charge < -0.3 is 28.8 Å². The third-order valence-corrected chi connectivity index (χ3v) is 6.07. The number of aliphatic hydroxyl groups is 1. The van der Waals surface area contributed by atoms with E-state index in [0.717, 1.165) is 6.07 Å². The van der Waals surface area contributed by atoms with Gasteiger partial charge in [-0.1, -0.05) is 30.4 Å². The van der Waals surface area contributed by atoms with E-state index in [9.17, 15) is 39.7 Å². The summed E-state index contributed by atoms with van der Waals surface area (Å²) in [7, 11) is 2.77. The Labute approximate surface area is 262 Å². The highest BCUT2D eigenvalue weighted by atomic mass is 16.8. The summed E-state index contributed by atoms with van der Waals surface area (Å²) in [4.78, 5) is 60.5. The van der Waals surface area contributed by atoms with Crippen LogP contribution in [0.3, 0.4) is 0 Å². The van der Waals surface area contributed by atoms with E-state index >= 15 is 0 Å². The molecule has 46 heavy (non-hydrogen) atoms. The van der Waals surface area contributed by atoms with Crippen LogP contribution in [0.1, 0.15) is 50.0 Å². The lowest BCUT2D eigenvalue weighted by Crippen LogP contribution is -2.32. The van der Waals surface area contributed by atoms with Gasteiger partial charge in [-0.25, -0.2) is 4.79 Å². The summed E-state index contributed by atoms with van der Waals surface area (Å²) in [6.45, 7) is 10.1. The van der Waals surface area contributed by atoms with Gasteiger partial charge in [0.1, 0.15) is 19.3 Å². The zero-order chi connectivity index (χ0) is 34.6. The molecule has 17 nitrogen and oxygen atoms in total. The second kappa shape index (κ2) is 17.0. The van der Waals surface area contributed by atoms with Gasteiger partial charge in [-0.3, -0.25) is 34.7 Å². The van der Waals surface area contributed by atoms with Gasteiger partial charge in [0, 0.05) is 12.8 Å². The first kappa shape index (κ1) is 36.5. The third kappa shape index (κ3) is 9.39. The number of imide groups is 1. The molecule has 0 aliphatic carbocycles. The quantitative estimate of drug-likeness (QED) is 0.0969. The van der Waals surface area contributed by atoms with Crippen LogP contribution < -0.4 is 18.9 Å². The number of ether oxygens (including phenoxy) is 5. The summed E-state index contributed by atoms with van der Waals surface area (Å²) in [5, 5.41) is 32.2. The van der Waals surface area contributed by atoms with Crippen molar-refractivity contribution < 1.29 is 57.9 Å². The van der Waals surface area contributed by atoms with Gasteiger partial charge in [-0.05, 0) is 26.0 Å². The molecule has 0 spiro atoms. The van der Waals surface area contributed by atoms with Crippen molar-refractivity contribution in [2.24, 2.45) is 0 Å². The lowest BCUT2D eigenvalue weighted by Gasteiger charge is -2.18. The van der Waals surface area contributed by atoms with Crippen LogP contribution in [0.4, 0.5) is 16.2 Å². The van der Waals surface area contributed by atoms with Gasteiger partial charge >= 0.3 is 6.16 Å². The average Bonchev–Trinajstić information content (AvgIpc) is 3.33. The molecule has 0 bridgehead atoms. The maximum absolute atomic E-state index is 11.9. The molecular weight excluding hydrogens is 614 g/mol. The molecule has 2 aromatic rings. The SMILES string of the molecule is C=CCOc1cc([N+](=O)[O-])c(C(C)O)cc1OC.C=CCOc1cc([N+](=O)[O-])c(C(C)OC(=O)ON2C(=O)CCC2=O)cc1OC. The number of nitrogens with zero attached hydrogens (tertiary/aromatic N) is 3. The number of nitro groups is 2. The van der Waals surface area contributed by atoms with E-state index in [4.69, 9.17) is 23.7 Å². The molecule has 1 aliphatic rings. The highest BCUT2D eigenvalue weighted by molar-refractivity contribution is 6.01. The summed E-state index contributed by atoms with van der Waals surface area (Å²) in [5.41, 5.74) is -0.398. The van der Waals surface area contributed by atoms with Crippen LogP contribution in [-0.4, -0.2) is 65.4 Å². The number of benzene rings is 2. The fraction of sp³-hybridized carbons (Fsp3) is 0.345. The summed E-state index contributed by atoms with van der Waals surface area (Å²) < 4.78 is 25.8. The summed E-state index contributed by atoms with van der Waals surface area (Å²) in [6.07, 6.45) is -0.630. The monoisotopic (exact) mass is 647 g/mol. The van der Waals surface area contributed by atoms with Crippen LogP contribution in [0.25, 0.3) is 0 Å². The number of hydroxylamine groups is 2. The molecule has 2 amide bonds. The minimum Gasteiger partial charge on any atom is -0.493 e. The van der Waals surface area contributed by atoms with Gasteiger partial charge in [0.25, 0.3) is 23.2 Å². The molecule has 1 N–H and O–H groups in total. The summed E-state index contributed by atoms with van der Waals surface area (Å²) in [5.74, 6) is -0.485. The normalized spacial score (nSPS) is 13.4. The van der Waals surface area contributed by atoms with Crippen molar-refractivity contribution >= 4 is 29.3 Å². The molecule has 3 rings (SSSR count). The first-order chi connectivity index (χ1) is 21.8. The Morgan fingerprint density at radius 1 is 0.870 bits per heavy atom. The first-order valence-corrected chi connectivity index (χ1v) is 13.4. The van der Waals surface area contributed by atoms with Gasteiger partial charge in [0.05, 0.1) is 53.4 Å². The topological polar surface area (TPSA) is 216 Å². The van der Waals surface area contributed by atoms with Crippen LogP contribution in [0.5, 0.6) is 23.0 Å². The van der Waals surface area contributed by atoms with E-state index in [0.29, 0.717) is 10.8 Å². The zero-order valence-electron chi connectivity index (χ0n) is 25.5. The Morgan fingerprint density at radius 3 is 1.70 bits per heavy atom. The second-order valence-electron chi connectivity index (χ2n) is 9.20. The largest absolute Gasteiger partial charge is 0.534 e. The Hall–Kier alpha value is -5.71. The van der Waals surface area contributed by atoms with Crippen LogP contribution in [0, 0.1) is 20.2 Å². The Morgan fingerprint density at radius 2 is 1.30 bits per heavy atom. The van der Waals surface area contributed by atoms with Crippen molar-refractivity contribution in [2.75, 3.05) is 27.4 Å². The van der Waals surface area contributed by atoms with Crippen molar-refractivity contribution in [1.82, 2.24) is 5.06 Å². The smallest absolute Gasteiger partial charge is 0.493 e. The fourth-order valence-corrected chi connectivity index (χ4v) is 3.91. The molecule has 2 atom stereocenters. The predicted molar refractivity (Wildman–Crippen MR) is 158 cm³/mol. The van der Waals surface area contributed by atoms with E-state index in [-0.39, 0.29) is 65.8 Å². The molecule has 1 aliphatic heterocycles. The zero-order valence-corrected chi connectivity index (χ0v) is 25.5. The number of hydrogen-bond acceptors (Lipinski definition) is 14. The molecule has 1 heterocycles. The number of carbonyl (C=O) groups excluding carboxylic acids is 3. The van der Waals surface area contributed by atoms with E-state index in [2.05, 4.69) is 18.0 Å². The third-order valence-electron chi connectivity index (χ3n) is 6.07. The number of carbonyl (C=O) groups is 3. The van der Waals surface area contributed by atoms with E-state index in [1.165, 1.54) is 58.4 Å². The van der Waals surface area contributed by atoms with Gasteiger partial charge in [-0.2, -0.15) is 0 Å². The van der Waals surface area contributed by atoms with E-state index in [1.807, 2.05) is 0 Å². The number of hydrogen-bond donors (Lipinski definition) is 1. The minimum absolute atomic E-state index is 0.00354. The number of aliphatic hydroxyl groups excluding tert-OH is 1. The lowest BCUT2D eigenvalue weighted by molar-refractivity contribution is -0.386. The van der Waals surface area contributed by atoms with Crippen LogP contribution in [-0.2, 0) is 19.2 Å². The van der Waals surface area contributed by atoms with Crippen molar-refractivity contribution in [1.29, 1.82) is 0 Å². The number of nitro benzene ring substituents is 2. The molecule has 1 saturated heterocycles. The molecule has 2 aromatic carbocycles. The number of amides is 2. The highest BCUT2D eigenvalue weighted by Gasteiger charge is 2.34. The Balaban J connectivity index is 0.000000353. The molecule has 248 valence electrons. The molecule has 0 aromatic heterocycles. The van der Waals surface area contributed by atoms with Gasteiger partial charge in [-0.15, -0.1) is 0 Å². The van der Waals surface area contributed by atoms with Crippen LogP contribution >= 0.6 is 0 Å². The first-order valence-electron chi connectivity index (χ1n) is 13.4. The van der Waals surface area contributed by atoms with Gasteiger partial charge in [0.15, 0.2) is 23.0 Å². The van der Waals surface area contributed by atoms with Crippen LogP contribution in [0.15, 0.2) is 49.6 Å². The van der Waals surface area contributed by atoms with Crippen LogP contribution in [0.2, 0.25) is 0 Å². The van der Waals surface area contributed by atoms with Crippen molar-refractivity contribution in [3.63, 3.8) is 0 Å². The molecule has 1 fully saturated rings. The maximum atomic E-state index is 11.9. The predicted octanol–water partition coefficient (Wildman–Crippen LogP) is 4.67. The number of rotatable bonds is 14. The fourth-order valence-electron chi connectivity index (χ4n) is 3.91. The van der Waals surface area contributed by atoms with Crippen molar-refractivity contribution in [3.05, 3.63) is 80.9 Å². The summed E-state index contributed by atoms with van der Waals surface area (Å²) in [6, 6.07) is 5.07.